The number of phenolic OH excluding ortho intramolecular Hbond substituents is 1. The summed E-state index contributed by atoms with van der Waals surface area (Å²) in [5, 5.41) is 12.0. The average Bonchev–Trinajstić information content (AvgIpc) is 3.22. The van der Waals surface area contributed by atoms with Crippen LogP contribution in [0.1, 0.15) is 81.8 Å². The van der Waals surface area contributed by atoms with Gasteiger partial charge in [-0.05, 0) is 135 Å². The molecule has 1 N–H and O–H groups in total. The summed E-state index contributed by atoms with van der Waals surface area (Å²) in [7, 11) is -14.5. The third-order valence-corrected chi connectivity index (χ3v) is 27.9. The molecule has 3 aromatic rings. The molecule has 0 aliphatic carbocycles. The van der Waals surface area contributed by atoms with E-state index in [2.05, 4.69) is 44.3 Å². The van der Waals surface area contributed by atoms with E-state index in [1.54, 1.807) is 55.5 Å². The zero-order valence-corrected chi connectivity index (χ0v) is 47.2. The minimum Gasteiger partial charge on any atom is -0.507 e. The fourth-order valence-corrected chi connectivity index (χ4v) is 28.6. The molecule has 3 rings (SSSR count). The Kier molecular flexibility index (Phi) is 26.0. The molecule has 0 bridgehead atoms. The zero-order valence-electron chi connectivity index (χ0n) is 42.2. The standard InChI is InChI=1S/C49H73NO12Si5.3CH4/c1-18-50(19-2)40-28-31-44(46(51)33-40)47(52)42-24-22-23-25-43(42)48(53)58-35-37(6)67(17,60-64(11,12)13)62-65(14,15)61-66(16,59-63(8,9)10)36(5)34-57-41-29-26-39(27-30-41)32-45(38(7)55-20-3)49(54)56-21-4;;;/h22-33,51H,5-7,18-21,34-35H2,1-4,8-17H3;3*1H4/b45-32-;;;. The molecule has 0 saturated carbocycles. The van der Waals surface area contributed by atoms with E-state index < -0.39 is 60.0 Å². The monoisotopic (exact) mass is 1060 g/mol. The molecule has 0 heterocycles. The van der Waals surface area contributed by atoms with Gasteiger partial charge in [-0.3, -0.25) is 4.79 Å². The van der Waals surface area contributed by atoms with Crippen molar-refractivity contribution in [3.63, 3.8) is 0 Å². The molecular formula is C52H85NO12Si5. The Bertz CT molecular complexity index is 2260. The van der Waals surface area contributed by atoms with Gasteiger partial charge < -0.3 is 45.4 Å². The van der Waals surface area contributed by atoms with Crippen LogP contribution >= 0.6 is 0 Å². The van der Waals surface area contributed by atoms with Crippen LogP contribution < -0.4 is 9.64 Å². The lowest BCUT2D eigenvalue weighted by Gasteiger charge is -2.44. The number of anilines is 1. The summed E-state index contributed by atoms with van der Waals surface area (Å²) in [4.78, 5) is 42.3. The average molecular weight is 1060 g/mol. The minimum atomic E-state index is -3.42. The second kappa shape index (κ2) is 27.8. The summed E-state index contributed by atoms with van der Waals surface area (Å²) in [6, 6.07) is 18.5. The number of benzene rings is 3. The lowest BCUT2D eigenvalue weighted by atomic mass is 9.97. The second-order valence-electron chi connectivity index (χ2n) is 18.4. The summed E-state index contributed by atoms with van der Waals surface area (Å²) < 4.78 is 50.6. The van der Waals surface area contributed by atoms with E-state index in [-0.39, 0.29) is 75.9 Å². The molecule has 18 heteroatoms. The number of ether oxygens (including phenoxy) is 4. The Morgan fingerprint density at radius 3 is 1.59 bits per heavy atom. The summed E-state index contributed by atoms with van der Waals surface area (Å²) >= 11 is 0. The van der Waals surface area contributed by atoms with Crippen molar-refractivity contribution in [2.24, 2.45) is 0 Å². The van der Waals surface area contributed by atoms with Crippen LogP contribution in [-0.2, 0) is 35.5 Å². The van der Waals surface area contributed by atoms with Gasteiger partial charge in [-0.15, -0.1) is 0 Å². The van der Waals surface area contributed by atoms with Crippen molar-refractivity contribution in [2.75, 3.05) is 44.4 Å². The Hall–Kier alpha value is -4.65. The normalized spacial score (nSPS) is 13.4. The number of rotatable bonds is 27. The molecule has 0 saturated heterocycles. The molecule has 70 heavy (non-hydrogen) atoms. The molecule has 2 unspecified atom stereocenters. The van der Waals surface area contributed by atoms with E-state index in [1.165, 1.54) is 12.1 Å². The number of ketones is 1. The maximum absolute atomic E-state index is 13.8. The Morgan fingerprint density at radius 1 is 0.614 bits per heavy atom. The van der Waals surface area contributed by atoms with Gasteiger partial charge in [0.15, 0.2) is 22.4 Å². The van der Waals surface area contributed by atoms with E-state index in [1.807, 2.05) is 78.7 Å². The Labute approximate surface area is 426 Å². The van der Waals surface area contributed by atoms with Gasteiger partial charge in [0, 0.05) is 40.8 Å². The number of hydrogen-bond acceptors (Lipinski definition) is 13. The number of carbonyl (C=O) groups excluding carboxylic acids is 3. The third-order valence-electron chi connectivity index (χ3n) is 10.0. The maximum Gasteiger partial charge on any atom is 0.348 e. The molecule has 13 nitrogen and oxygen atoms in total. The van der Waals surface area contributed by atoms with Gasteiger partial charge in [0.1, 0.15) is 36.0 Å². The van der Waals surface area contributed by atoms with Crippen molar-refractivity contribution < 1.29 is 54.9 Å². The van der Waals surface area contributed by atoms with Gasteiger partial charge in [0.2, 0.25) is 0 Å². The topological polar surface area (TPSA) is 149 Å². The predicted molar refractivity (Wildman–Crippen MR) is 299 cm³/mol. The Morgan fingerprint density at radius 2 is 1.11 bits per heavy atom. The highest BCUT2D eigenvalue weighted by molar-refractivity contribution is 6.94. The Balaban J connectivity index is 0.0000159. The van der Waals surface area contributed by atoms with Crippen LogP contribution in [0.4, 0.5) is 5.69 Å². The summed E-state index contributed by atoms with van der Waals surface area (Å²) in [6.07, 6.45) is 1.66. The number of phenols is 1. The van der Waals surface area contributed by atoms with Gasteiger partial charge in [-0.2, -0.15) is 0 Å². The van der Waals surface area contributed by atoms with Crippen molar-refractivity contribution in [1.29, 1.82) is 0 Å². The molecule has 0 amide bonds. The van der Waals surface area contributed by atoms with Gasteiger partial charge in [0.05, 0.1) is 24.3 Å². The number of esters is 2. The van der Waals surface area contributed by atoms with Crippen molar-refractivity contribution in [2.45, 2.75) is 115 Å². The first-order valence-corrected chi connectivity index (χ1v) is 36.9. The first-order valence-electron chi connectivity index (χ1n) is 22.6. The highest BCUT2D eigenvalue weighted by atomic mass is 28.5. The molecule has 2 atom stereocenters. The fourth-order valence-electron chi connectivity index (χ4n) is 7.16. The van der Waals surface area contributed by atoms with Crippen LogP contribution in [-0.4, -0.2) is 105 Å². The van der Waals surface area contributed by atoms with Crippen LogP contribution in [0, 0.1) is 0 Å². The van der Waals surface area contributed by atoms with E-state index >= 15 is 0 Å². The molecule has 0 fully saturated rings. The molecule has 390 valence electrons. The van der Waals surface area contributed by atoms with Crippen molar-refractivity contribution in [1.82, 2.24) is 0 Å². The number of carbonyl (C=O) groups is 3. The van der Waals surface area contributed by atoms with Crippen LogP contribution in [0.5, 0.6) is 11.5 Å². The van der Waals surface area contributed by atoms with Crippen molar-refractivity contribution in [3.8, 4) is 11.5 Å². The van der Waals surface area contributed by atoms with Gasteiger partial charge >= 0.3 is 37.6 Å². The largest absolute Gasteiger partial charge is 0.507 e. The lowest BCUT2D eigenvalue weighted by Crippen LogP contribution is -2.61. The molecule has 0 radical (unpaired) electrons. The molecule has 0 spiro atoms. The van der Waals surface area contributed by atoms with Crippen LogP contribution in [0.3, 0.4) is 0 Å². The summed E-state index contributed by atoms with van der Waals surface area (Å²) in [6.45, 7) is 42.3. The zero-order chi connectivity index (χ0) is 50.5. The molecule has 0 aliphatic heterocycles. The van der Waals surface area contributed by atoms with E-state index in [9.17, 15) is 19.5 Å². The van der Waals surface area contributed by atoms with E-state index in [0.717, 1.165) is 24.3 Å². The van der Waals surface area contributed by atoms with E-state index in [4.69, 9.17) is 35.4 Å². The second-order valence-corrected chi connectivity index (χ2v) is 38.2. The summed E-state index contributed by atoms with van der Waals surface area (Å²) in [5.41, 5.74) is 1.95. The highest BCUT2D eigenvalue weighted by Gasteiger charge is 2.51. The quantitative estimate of drug-likeness (QED) is 0.0193. The number of hydrogen-bond donors (Lipinski definition) is 1. The van der Waals surface area contributed by atoms with Crippen LogP contribution in [0.15, 0.2) is 108 Å². The third kappa shape index (κ3) is 19.2. The maximum atomic E-state index is 13.8. The fraction of sp³-hybridized carbons (Fsp3) is 0.442. The van der Waals surface area contributed by atoms with Gasteiger partial charge in [-0.25, -0.2) is 9.59 Å². The lowest BCUT2D eigenvalue weighted by molar-refractivity contribution is -0.138. The molecule has 3 aromatic carbocycles. The number of aromatic hydroxyl groups is 1. The molecule has 0 aliphatic rings. The van der Waals surface area contributed by atoms with Gasteiger partial charge in [-0.1, -0.05) is 72.3 Å². The first-order chi connectivity index (χ1) is 31.1. The van der Waals surface area contributed by atoms with E-state index in [0.29, 0.717) is 22.7 Å². The SMILES string of the molecule is C.C.C.C=C(OCC)/C(=C/c1ccc(OCC(=C)[Si](C)(O[Si](C)(C)C)O[Si](C)(C)O[Si](C)(O[Si](C)(C)C)C(=C)COC(=O)c2ccccc2C(=O)c2ccc(N(CC)CC)cc2O)cc1)C(=O)OCC. The van der Waals surface area contributed by atoms with Crippen molar-refractivity contribution >= 4 is 71.8 Å². The summed E-state index contributed by atoms with van der Waals surface area (Å²) in [5.74, 6) is -1.15. The van der Waals surface area contributed by atoms with Crippen LogP contribution in [0.2, 0.25) is 65.5 Å². The smallest absolute Gasteiger partial charge is 0.348 e. The predicted octanol–water partition coefficient (Wildman–Crippen LogP) is 12.9. The highest BCUT2D eigenvalue weighted by Crippen LogP contribution is 2.33. The number of nitrogens with zero attached hydrogens (tertiary/aromatic N) is 1. The first kappa shape index (κ1) is 65.4. The van der Waals surface area contributed by atoms with Crippen LogP contribution in [0.25, 0.3) is 6.08 Å². The molecular weight excluding hydrogens is 971 g/mol. The minimum absolute atomic E-state index is 0. The van der Waals surface area contributed by atoms with Gasteiger partial charge in [0.25, 0.3) is 0 Å². The van der Waals surface area contributed by atoms with Crippen molar-refractivity contribution in [3.05, 3.63) is 130 Å². The molecule has 0 aromatic heterocycles.